The van der Waals surface area contributed by atoms with Crippen molar-refractivity contribution in [2.45, 2.75) is 19.3 Å². The van der Waals surface area contributed by atoms with E-state index < -0.39 is 0 Å². The summed E-state index contributed by atoms with van der Waals surface area (Å²) in [5.74, 6) is 1.27. The van der Waals surface area contributed by atoms with Crippen LogP contribution in [-0.2, 0) is 0 Å². The molecule has 84 valence electrons. The van der Waals surface area contributed by atoms with Crippen molar-refractivity contribution < 1.29 is 4.42 Å². The second kappa shape index (κ2) is 4.99. The quantitative estimate of drug-likeness (QED) is 0.851. The number of rotatable bonds is 4. The van der Waals surface area contributed by atoms with E-state index in [4.69, 9.17) is 10.2 Å². The van der Waals surface area contributed by atoms with E-state index in [1.54, 1.807) is 6.26 Å². The fraction of sp³-hybridized carbons (Fsp3) is 0.286. The van der Waals surface area contributed by atoms with Gasteiger partial charge in [0.25, 0.3) is 0 Å². The van der Waals surface area contributed by atoms with Gasteiger partial charge >= 0.3 is 0 Å². The zero-order chi connectivity index (χ0) is 11.4. The van der Waals surface area contributed by atoms with Crippen LogP contribution in [0.3, 0.4) is 0 Å². The van der Waals surface area contributed by atoms with Crippen LogP contribution in [0.1, 0.15) is 29.2 Å². The maximum atomic E-state index is 5.66. The molecule has 0 unspecified atom stereocenters. The highest BCUT2D eigenvalue weighted by molar-refractivity contribution is 5.29. The van der Waals surface area contributed by atoms with E-state index in [1.807, 2.05) is 12.1 Å². The molecule has 16 heavy (non-hydrogen) atoms. The molecule has 1 heterocycles. The van der Waals surface area contributed by atoms with Gasteiger partial charge in [-0.2, -0.15) is 0 Å². The highest BCUT2D eigenvalue weighted by atomic mass is 16.3. The zero-order valence-electron chi connectivity index (χ0n) is 9.52. The molecule has 2 aromatic rings. The summed E-state index contributed by atoms with van der Waals surface area (Å²) in [7, 11) is 0. The van der Waals surface area contributed by atoms with Crippen LogP contribution >= 0.6 is 0 Å². The average molecular weight is 215 g/mol. The number of aryl methyl sites for hydroxylation is 1. The van der Waals surface area contributed by atoms with E-state index >= 15 is 0 Å². The Balaban J connectivity index is 2.29. The van der Waals surface area contributed by atoms with Crippen LogP contribution in [0.2, 0.25) is 0 Å². The second-order valence-electron chi connectivity index (χ2n) is 4.06. The molecular formula is C14H17NO. The number of furan rings is 1. The van der Waals surface area contributed by atoms with Crippen LogP contribution in [0, 0.1) is 6.92 Å². The van der Waals surface area contributed by atoms with E-state index in [2.05, 4.69) is 31.2 Å². The van der Waals surface area contributed by atoms with Crippen molar-refractivity contribution in [2.24, 2.45) is 5.73 Å². The predicted octanol–water partition coefficient (Wildman–Crippen LogP) is 3.07. The third-order valence-corrected chi connectivity index (χ3v) is 2.82. The monoisotopic (exact) mass is 215 g/mol. The minimum atomic E-state index is 0.278. The molecule has 0 amide bonds. The van der Waals surface area contributed by atoms with Crippen molar-refractivity contribution in [2.75, 3.05) is 6.54 Å². The third-order valence-electron chi connectivity index (χ3n) is 2.82. The molecule has 0 aliphatic rings. The lowest BCUT2D eigenvalue weighted by Gasteiger charge is -2.14. The molecular weight excluding hydrogens is 198 g/mol. The Morgan fingerprint density at radius 1 is 1.19 bits per heavy atom. The number of benzene rings is 1. The van der Waals surface area contributed by atoms with Gasteiger partial charge in [0.2, 0.25) is 0 Å². The van der Waals surface area contributed by atoms with E-state index in [-0.39, 0.29) is 5.92 Å². The van der Waals surface area contributed by atoms with Gasteiger partial charge in [-0.15, -0.1) is 0 Å². The summed E-state index contributed by atoms with van der Waals surface area (Å²) in [5.41, 5.74) is 8.20. The fourth-order valence-corrected chi connectivity index (χ4v) is 1.93. The van der Waals surface area contributed by atoms with Crippen molar-refractivity contribution in [3.8, 4) is 0 Å². The fourth-order valence-electron chi connectivity index (χ4n) is 1.93. The Hall–Kier alpha value is -1.54. The molecule has 2 nitrogen and oxygen atoms in total. The van der Waals surface area contributed by atoms with E-state index in [9.17, 15) is 0 Å². The molecule has 2 rings (SSSR count). The van der Waals surface area contributed by atoms with Gasteiger partial charge in [-0.05, 0) is 37.6 Å². The smallest absolute Gasteiger partial charge is 0.111 e. The molecule has 0 spiro atoms. The molecule has 1 aromatic carbocycles. The molecule has 0 radical (unpaired) electrons. The maximum Gasteiger partial charge on any atom is 0.111 e. The number of nitrogens with two attached hydrogens (primary N) is 1. The first-order valence-electron chi connectivity index (χ1n) is 5.61. The molecule has 2 heteroatoms. The van der Waals surface area contributed by atoms with Crippen LogP contribution in [0.5, 0.6) is 0 Å². The average Bonchev–Trinajstić information content (AvgIpc) is 2.81. The second-order valence-corrected chi connectivity index (χ2v) is 4.06. The first kappa shape index (κ1) is 11.0. The van der Waals surface area contributed by atoms with Gasteiger partial charge in [-0.3, -0.25) is 0 Å². The summed E-state index contributed by atoms with van der Waals surface area (Å²) < 4.78 is 5.48. The van der Waals surface area contributed by atoms with Gasteiger partial charge in [-0.1, -0.05) is 29.8 Å². The van der Waals surface area contributed by atoms with Crippen LogP contribution in [0.4, 0.5) is 0 Å². The summed E-state index contributed by atoms with van der Waals surface area (Å²) in [5, 5.41) is 0. The highest BCUT2D eigenvalue weighted by Crippen LogP contribution is 2.27. The molecule has 1 aromatic heterocycles. The molecule has 0 aliphatic carbocycles. The van der Waals surface area contributed by atoms with Crippen molar-refractivity contribution in [1.82, 2.24) is 0 Å². The predicted molar refractivity (Wildman–Crippen MR) is 65.4 cm³/mol. The van der Waals surface area contributed by atoms with Crippen molar-refractivity contribution in [1.29, 1.82) is 0 Å². The number of hydrogen-bond acceptors (Lipinski definition) is 2. The van der Waals surface area contributed by atoms with Crippen molar-refractivity contribution in [3.63, 3.8) is 0 Å². The Morgan fingerprint density at radius 2 is 1.94 bits per heavy atom. The minimum absolute atomic E-state index is 0.278. The van der Waals surface area contributed by atoms with Gasteiger partial charge in [0, 0.05) is 5.92 Å². The standard InChI is InChI=1S/C14H17NO/c1-11-4-6-12(7-5-11)13(8-9-15)14-3-2-10-16-14/h2-7,10,13H,8-9,15H2,1H3/t13-/m1/s1. The van der Waals surface area contributed by atoms with Gasteiger partial charge in [0.05, 0.1) is 6.26 Å². The summed E-state index contributed by atoms with van der Waals surface area (Å²) in [6.07, 6.45) is 2.63. The lowest BCUT2D eigenvalue weighted by atomic mass is 9.93. The normalized spacial score (nSPS) is 12.6. The van der Waals surface area contributed by atoms with E-state index in [0.717, 1.165) is 12.2 Å². The molecule has 0 saturated heterocycles. The molecule has 1 atom stereocenters. The van der Waals surface area contributed by atoms with Crippen molar-refractivity contribution >= 4 is 0 Å². The Morgan fingerprint density at radius 3 is 2.50 bits per heavy atom. The van der Waals surface area contributed by atoms with E-state index in [1.165, 1.54) is 11.1 Å². The van der Waals surface area contributed by atoms with Crippen molar-refractivity contribution in [3.05, 3.63) is 59.5 Å². The van der Waals surface area contributed by atoms with Crippen LogP contribution in [0.15, 0.2) is 47.1 Å². The largest absolute Gasteiger partial charge is 0.469 e. The first-order chi connectivity index (χ1) is 7.81. The molecule has 0 bridgehead atoms. The summed E-state index contributed by atoms with van der Waals surface area (Å²) in [6.45, 7) is 2.76. The minimum Gasteiger partial charge on any atom is -0.469 e. The highest BCUT2D eigenvalue weighted by Gasteiger charge is 2.15. The topological polar surface area (TPSA) is 39.2 Å². The zero-order valence-corrected chi connectivity index (χ0v) is 9.52. The summed E-state index contributed by atoms with van der Waals surface area (Å²) in [6, 6.07) is 12.5. The maximum absolute atomic E-state index is 5.66. The van der Waals surface area contributed by atoms with Gasteiger partial charge < -0.3 is 10.2 Å². The molecule has 0 fully saturated rings. The molecule has 0 saturated carbocycles. The summed E-state index contributed by atoms with van der Waals surface area (Å²) >= 11 is 0. The van der Waals surface area contributed by atoms with Crippen LogP contribution < -0.4 is 5.73 Å². The van der Waals surface area contributed by atoms with Crippen LogP contribution in [0.25, 0.3) is 0 Å². The summed E-state index contributed by atoms with van der Waals surface area (Å²) in [4.78, 5) is 0. The Labute approximate surface area is 96.1 Å². The van der Waals surface area contributed by atoms with Crippen LogP contribution in [-0.4, -0.2) is 6.54 Å². The lowest BCUT2D eigenvalue weighted by Crippen LogP contribution is -2.08. The van der Waals surface area contributed by atoms with Gasteiger partial charge in [0.15, 0.2) is 0 Å². The Kier molecular flexibility index (Phi) is 3.42. The van der Waals surface area contributed by atoms with E-state index in [0.29, 0.717) is 6.54 Å². The first-order valence-corrected chi connectivity index (χ1v) is 5.61. The number of hydrogen-bond donors (Lipinski definition) is 1. The van der Waals surface area contributed by atoms with Gasteiger partial charge in [-0.25, -0.2) is 0 Å². The lowest BCUT2D eigenvalue weighted by molar-refractivity contribution is 0.476. The Bertz CT molecular complexity index is 417. The molecule has 0 aliphatic heterocycles. The third kappa shape index (κ3) is 2.34. The van der Waals surface area contributed by atoms with Gasteiger partial charge in [0.1, 0.15) is 5.76 Å². The SMILES string of the molecule is Cc1ccc([C@@H](CCN)c2ccco2)cc1. The molecule has 2 N–H and O–H groups in total.